The van der Waals surface area contributed by atoms with E-state index in [0.717, 1.165) is 11.3 Å². The predicted molar refractivity (Wildman–Crippen MR) is 73.2 cm³/mol. The van der Waals surface area contributed by atoms with Crippen LogP contribution in [0.3, 0.4) is 0 Å². The molecule has 1 aromatic heterocycles. The maximum atomic E-state index is 12.9. The van der Waals surface area contributed by atoms with E-state index in [1.54, 1.807) is 0 Å². The molecule has 0 fully saturated rings. The molecule has 0 amide bonds. The van der Waals surface area contributed by atoms with E-state index >= 15 is 0 Å². The number of carbonyl (C=O) groups is 1. The molecule has 1 aromatic carbocycles. The van der Waals surface area contributed by atoms with Gasteiger partial charge >= 0.3 is 5.97 Å². The van der Waals surface area contributed by atoms with Gasteiger partial charge in [-0.1, -0.05) is 23.5 Å². The van der Waals surface area contributed by atoms with Crippen LogP contribution in [0, 0.1) is 5.82 Å². The third-order valence-electron chi connectivity index (χ3n) is 2.26. The van der Waals surface area contributed by atoms with Gasteiger partial charge in [0.25, 0.3) is 11.3 Å². The molecule has 1 atom stereocenters. The first-order valence-corrected chi connectivity index (χ1v) is 7.13. The minimum Gasteiger partial charge on any atom is -0.476 e. The molecule has 2 rings (SSSR count). The number of aromatic nitrogens is 1. The van der Waals surface area contributed by atoms with Gasteiger partial charge in [0.2, 0.25) is 0 Å². The minimum absolute atomic E-state index is 0.141. The summed E-state index contributed by atoms with van der Waals surface area (Å²) >= 11 is -0.809. The van der Waals surface area contributed by atoms with Crippen LogP contribution in [0.15, 0.2) is 24.3 Å². The number of carboxylic acid groups (broad SMARTS) is 1. The van der Waals surface area contributed by atoms with E-state index in [2.05, 4.69) is 13.9 Å². The number of hydrogen-bond donors (Lipinski definition) is 2. The number of halogens is 1. The van der Waals surface area contributed by atoms with Crippen LogP contribution in [0.1, 0.15) is 10.5 Å². The molecule has 106 valence electrons. The highest BCUT2D eigenvalue weighted by molar-refractivity contribution is 7.81. The number of hydrogen-bond acceptors (Lipinski definition) is 5. The number of anilines is 1. The Hall–Kier alpha value is -1.84. The molecule has 0 aliphatic rings. The van der Waals surface area contributed by atoms with Crippen molar-refractivity contribution in [2.24, 2.45) is 0 Å². The Morgan fingerprint density at radius 1 is 1.45 bits per heavy atom. The van der Waals surface area contributed by atoms with Crippen LogP contribution in [-0.4, -0.2) is 27.4 Å². The minimum atomic E-state index is -1.80. The standard InChI is InChI=1S/C11H9FN2O4S2/c1-18-20(17)14-11-13-8(10(15)16)9(19-11)6-2-4-7(12)5-3-6/h2-5H,1H3,(H,13,14)(H,15,16). The Bertz CT molecular complexity index is 657. The van der Waals surface area contributed by atoms with Crippen molar-refractivity contribution in [3.8, 4) is 10.4 Å². The van der Waals surface area contributed by atoms with Crippen molar-refractivity contribution in [1.29, 1.82) is 0 Å². The highest BCUT2D eigenvalue weighted by atomic mass is 32.2. The van der Waals surface area contributed by atoms with Crippen molar-refractivity contribution in [2.45, 2.75) is 0 Å². The van der Waals surface area contributed by atoms with Crippen LogP contribution < -0.4 is 4.72 Å². The number of rotatable bonds is 5. The zero-order valence-electron chi connectivity index (χ0n) is 10.1. The second-order valence-corrected chi connectivity index (χ2v) is 5.52. The molecule has 6 nitrogen and oxygen atoms in total. The van der Waals surface area contributed by atoms with Gasteiger partial charge in [-0.15, -0.1) is 0 Å². The number of nitrogens with zero attached hydrogens (tertiary/aromatic N) is 1. The van der Waals surface area contributed by atoms with E-state index in [-0.39, 0.29) is 10.8 Å². The third-order valence-corrected chi connectivity index (χ3v) is 4.07. The van der Waals surface area contributed by atoms with Gasteiger partial charge in [0.1, 0.15) is 5.82 Å². The van der Waals surface area contributed by atoms with E-state index in [4.69, 9.17) is 5.11 Å². The van der Waals surface area contributed by atoms with E-state index < -0.39 is 23.1 Å². The number of benzene rings is 1. The Morgan fingerprint density at radius 3 is 2.65 bits per heavy atom. The molecule has 9 heteroatoms. The maximum absolute atomic E-state index is 12.9. The third kappa shape index (κ3) is 3.18. The lowest BCUT2D eigenvalue weighted by Crippen LogP contribution is -2.05. The lowest BCUT2D eigenvalue weighted by Gasteiger charge is -1.98. The fourth-order valence-corrected chi connectivity index (χ4v) is 2.87. The van der Waals surface area contributed by atoms with E-state index in [9.17, 15) is 13.4 Å². The van der Waals surface area contributed by atoms with Gasteiger partial charge in [-0.25, -0.2) is 18.4 Å². The summed E-state index contributed by atoms with van der Waals surface area (Å²) in [6, 6.07) is 5.35. The Morgan fingerprint density at radius 2 is 2.10 bits per heavy atom. The van der Waals surface area contributed by atoms with Gasteiger partial charge in [0.15, 0.2) is 10.8 Å². The molecule has 20 heavy (non-hydrogen) atoms. The van der Waals surface area contributed by atoms with Gasteiger partial charge in [-0.3, -0.25) is 8.91 Å². The van der Waals surface area contributed by atoms with Crippen LogP contribution in [0.5, 0.6) is 0 Å². The van der Waals surface area contributed by atoms with Gasteiger partial charge in [0.05, 0.1) is 12.0 Å². The second-order valence-electron chi connectivity index (χ2n) is 3.51. The topological polar surface area (TPSA) is 88.5 Å². The summed E-state index contributed by atoms with van der Waals surface area (Å²) in [6.07, 6.45) is 0. The highest BCUT2D eigenvalue weighted by Crippen LogP contribution is 2.33. The van der Waals surface area contributed by atoms with Crippen molar-refractivity contribution in [1.82, 2.24) is 4.98 Å². The maximum Gasteiger partial charge on any atom is 0.356 e. The molecule has 1 unspecified atom stereocenters. The van der Waals surface area contributed by atoms with Crippen LogP contribution in [0.25, 0.3) is 10.4 Å². The lowest BCUT2D eigenvalue weighted by molar-refractivity contribution is 0.0692. The normalized spacial score (nSPS) is 12.1. The van der Waals surface area contributed by atoms with Crippen LogP contribution in [-0.2, 0) is 15.4 Å². The number of nitrogens with one attached hydrogen (secondary N) is 1. The molecule has 0 bridgehead atoms. The first-order valence-electron chi connectivity index (χ1n) is 5.24. The molecule has 0 aliphatic heterocycles. The molecule has 0 radical (unpaired) electrons. The summed E-state index contributed by atoms with van der Waals surface area (Å²) < 4.78 is 31.0. The van der Waals surface area contributed by atoms with Crippen molar-refractivity contribution in [2.75, 3.05) is 11.8 Å². The van der Waals surface area contributed by atoms with E-state index in [0.29, 0.717) is 10.4 Å². The molecule has 2 N–H and O–H groups in total. The lowest BCUT2D eigenvalue weighted by atomic mass is 10.1. The molecule has 1 heterocycles. The first kappa shape index (κ1) is 14.6. The molecule has 0 spiro atoms. The molecule has 0 saturated carbocycles. The molecule has 0 saturated heterocycles. The Kier molecular flexibility index (Phi) is 4.42. The van der Waals surface area contributed by atoms with Crippen LogP contribution in [0.2, 0.25) is 0 Å². The van der Waals surface area contributed by atoms with E-state index in [1.165, 1.54) is 31.4 Å². The van der Waals surface area contributed by atoms with E-state index in [1.807, 2.05) is 0 Å². The van der Waals surface area contributed by atoms with Gasteiger partial charge in [-0.05, 0) is 17.7 Å². The largest absolute Gasteiger partial charge is 0.476 e. The van der Waals surface area contributed by atoms with Crippen molar-refractivity contribution < 1.29 is 22.7 Å². The SMILES string of the molecule is COS(=O)Nc1nc(C(=O)O)c(-c2ccc(F)cc2)s1. The average molecular weight is 316 g/mol. The molecule has 2 aromatic rings. The van der Waals surface area contributed by atoms with Gasteiger partial charge < -0.3 is 5.11 Å². The van der Waals surface area contributed by atoms with Gasteiger partial charge in [0, 0.05) is 0 Å². The Balaban J connectivity index is 2.43. The van der Waals surface area contributed by atoms with Crippen LogP contribution in [0.4, 0.5) is 9.52 Å². The fourth-order valence-electron chi connectivity index (χ4n) is 1.42. The predicted octanol–water partition coefficient (Wildman–Crippen LogP) is 2.28. The fraction of sp³-hybridized carbons (Fsp3) is 0.0909. The summed E-state index contributed by atoms with van der Waals surface area (Å²) in [5, 5.41) is 9.26. The summed E-state index contributed by atoms with van der Waals surface area (Å²) in [6.45, 7) is 0. The highest BCUT2D eigenvalue weighted by Gasteiger charge is 2.19. The zero-order chi connectivity index (χ0) is 14.7. The number of carboxylic acids is 1. The summed E-state index contributed by atoms with van der Waals surface area (Å²) in [5.41, 5.74) is 0.315. The van der Waals surface area contributed by atoms with Crippen LogP contribution >= 0.6 is 11.3 Å². The monoisotopic (exact) mass is 316 g/mol. The average Bonchev–Trinajstić information content (AvgIpc) is 2.83. The zero-order valence-corrected chi connectivity index (χ0v) is 11.8. The molecular formula is C11H9FN2O4S2. The number of aromatic carboxylic acids is 1. The number of thiazole rings is 1. The van der Waals surface area contributed by atoms with Crippen molar-refractivity contribution >= 4 is 33.7 Å². The quantitative estimate of drug-likeness (QED) is 0.883. The summed E-state index contributed by atoms with van der Waals surface area (Å²) in [7, 11) is 1.23. The second kappa shape index (κ2) is 6.07. The summed E-state index contributed by atoms with van der Waals surface area (Å²) in [4.78, 5) is 15.3. The van der Waals surface area contributed by atoms with Crippen molar-refractivity contribution in [3.63, 3.8) is 0 Å². The first-order chi connectivity index (χ1) is 9.51. The molecule has 0 aliphatic carbocycles. The Labute approximate surface area is 120 Å². The molecular weight excluding hydrogens is 307 g/mol. The van der Waals surface area contributed by atoms with Crippen molar-refractivity contribution in [3.05, 3.63) is 35.8 Å². The summed E-state index contributed by atoms with van der Waals surface area (Å²) in [5.74, 6) is -1.65. The van der Waals surface area contributed by atoms with Gasteiger partial charge in [-0.2, -0.15) is 0 Å². The smallest absolute Gasteiger partial charge is 0.356 e.